The number of anilines is 1. The summed E-state index contributed by atoms with van der Waals surface area (Å²) >= 11 is 0. The first kappa shape index (κ1) is 18.2. The molecule has 6 nitrogen and oxygen atoms in total. The molecular formula is C21H29N5O. The van der Waals surface area contributed by atoms with Crippen LogP contribution >= 0.6 is 0 Å². The number of rotatable bonds is 5. The van der Waals surface area contributed by atoms with Crippen molar-refractivity contribution in [1.29, 1.82) is 0 Å². The minimum atomic E-state index is 0.0365. The third-order valence-electron chi connectivity index (χ3n) is 5.81. The van der Waals surface area contributed by atoms with Crippen LogP contribution in [0, 0.1) is 0 Å². The first-order valence-corrected chi connectivity index (χ1v) is 10.2. The summed E-state index contributed by atoms with van der Waals surface area (Å²) in [7, 11) is 0. The van der Waals surface area contributed by atoms with E-state index in [4.69, 9.17) is 5.10 Å². The molecule has 0 radical (unpaired) electrons. The van der Waals surface area contributed by atoms with E-state index in [0.717, 1.165) is 30.6 Å². The third-order valence-corrected chi connectivity index (χ3v) is 5.81. The molecule has 3 heterocycles. The molecule has 27 heavy (non-hydrogen) atoms. The molecule has 0 atom stereocenters. The van der Waals surface area contributed by atoms with Crippen LogP contribution < -0.4 is 5.32 Å². The number of pyridine rings is 1. The highest BCUT2D eigenvalue weighted by Crippen LogP contribution is 2.26. The van der Waals surface area contributed by atoms with Crippen LogP contribution in [0.5, 0.6) is 0 Å². The molecule has 1 aliphatic carbocycles. The predicted octanol–water partition coefficient (Wildman–Crippen LogP) is 3.63. The van der Waals surface area contributed by atoms with Crippen molar-refractivity contribution in [2.45, 2.75) is 71.1 Å². The van der Waals surface area contributed by atoms with Crippen LogP contribution in [0.4, 0.5) is 5.82 Å². The summed E-state index contributed by atoms with van der Waals surface area (Å²) in [6, 6.07) is 6.65. The number of aromatic nitrogens is 3. The van der Waals surface area contributed by atoms with Crippen LogP contribution in [-0.2, 0) is 19.6 Å². The Hall–Kier alpha value is -2.21. The second kappa shape index (κ2) is 8.21. The topological polar surface area (TPSA) is 63.1 Å². The molecule has 144 valence electrons. The Bertz CT molecular complexity index is 776. The highest BCUT2D eigenvalue weighted by atomic mass is 16.1. The predicted molar refractivity (Wildman–Crippen MR) is 106 cm³/mol. The summed E-state index contributed by atoms with van der Waals surface area (Å²) in [5.74, 6) is 0.807. The number of aryl methyl sites for hydroxylation is 1. The van der Waals surface area contributed by atoms with E-state index < -0.39 is 0 Å². The lowest BCUT2D eigenvalue weighted by molar-refractivity contribution is 0.101. The van der Waals surface area contributed by atoms with Gasteiger partial charge in [0.1, 0.15) is 5.82 Å². The second-order valence-corrected chi connectivity index (χ2v) is 7.81. The molecule has 0 unspecified atom stereocenters. The van der Waals surface area contributed by atoms with Crippen molar-refractivity contribution in [3.8, 4) is 0 Å². The zero-order valence-corrected chi connectivity index (χ0v) is 16.2. The molecule has 2 aromatic rings. The van der Waals surface area contributed by atoms with Crippen LogP contribution in [0.2, 0.25) is 0 Å². The van der Waals surface area contributed by atoms with Crippen molar-refractivity contribution in [3.63, 3.8) is 0 Å². The lowest BCUT2D eigenvalue weighted by atomic mass is 9.94. The van der Waals surface area contributed by atoms with Crippen molar-refractivity contribution in [1.82, 2.24) is 19.7 Å². The van der Waals surface area contributed by atoms with E-state index in [1.54, 1.807) is 13.1 Å². The fourth-order valence-electron chi connectivity index (χ4n) is 4.28. The Morgan fingerprint density at radius 1 is 1.19 bits per heavy atom. The molecule has 6 heteroatoms. The van der Waals surface area contributed by atoms with E-state index in [1.807, 2.05) is 12.1 Å². The number of nitrogens with one attached hydrogen (secondary N) is 1. The lowest BCUT2D eigenvalue weighted by Crippen LogP contribution is -2.36. The van der Waals surface area contributed by atoms with E-state index >= 15 is 0 Å². The zero-order chi connectivity index (χ0) is 18.6. The first-order chi connectivity index (χ1) is 13.2. The summed E-state index contributed by atoms with van der Waals surface area (Å²) in [5, 5.41) is 8.11. The Morgan fingerprint density at radius 2 is 2.04 bits per heavy atom. The molecule has 0 spiro atoms. The second-order valence-electron chi connectivity index (χ2n) is 7.81. The number of nitrogens with zero attached hydrogens (tertiary/aromatic N) is 4. The van der Waals surface area contributed by atoms with Crippen LogP contribution in [0.3, 0.4) is 0 Å². The SMILES string of the molecule is CC(=O)c1ccc(NCc2cc3n(n2)CCCN(C2CCCCC2)C3)nc1. The van der Waals surface area contributed by atoms with E-state index in [9.17, 15) is 4.79 Å². The normalized spacial score (nSPS) is 18.7. The highest BCUT2D eigenvalue weighted by molar-refractivity contribution is 5.93. The smallest absolute Gasteiger partial charge is 0.161 e. The van der Waals surface area contributed by atoms with Crippen LogP contribution in [0.1, 0.15) is 67.2 Å². The average Bonchev–Trinajstić information content (AvgIpc) is 2.97. The Morgan fingerprint density at radius 3 is 2.78 bits per heavy atom. The molecule has 0 aromatic carbocycles. The van der Waals surface area contributed by atoms with Crippen LogP contribution in [0.15, 0.2) is 24.4 Å². The van der Waals surface area contributed by atoms with Gasteiger partial charge in [-0.25, -0.2) is 4.98 Å². The van der Waals surface area contributed by atoms with Gasteiger partial charge >= 0.3 is 0 Å². The number of Topliss-reactive ketones (excluding diaryl/α,β-unsaturated/α-hetero) is 1. The minimum absolute atomic E-state index is 0.0365. The van der Waals surface area contributed by atoms with Gasteiger partial charge < -0.3 is 5.32 Å². The number of ketones is 1. The monoisotopic (exact) mass is 367 g/mol. The van der Waals surface area contributed by atoms with E-state index in [2.05, 4.69) is 25.9 Å². The fourth-order valence-corrected chi connectivity index (χ4v) is 4.28. The van der Waals surface area contributed by atoms with Gasteiger partial charge in [-0.15, -0.1) is 0 Å². The van der Waals surface area contributed by atoms with Gasteiger partial charge in [0.25, 0.3) is 0 Å². The van der Waals surface area contributed by atoms with Crippen LogP contribution in [0.25, 0.3) is 0 Å². The van der Waals surface area contributed by atoms with Crippen molar-refractivity contribution in [2.75, 3.05) is 11.9 Å². The number of carbonyl (C=O) groups is 1. The number of hydrogen-bond donors (Lipinski definition) is 1. The van der Waals surface area contributed by atoms with Gasteiger partial charge in [0.15, 0.2) is 5.78 Å². The molecule has 2 aliphatic rings. The van der Waals surface area contributed by atoms with Gasteiger partial charge in [-0.1, -0.05) is 19.3 Å². The molecule has 0 saturated heterocycles. The molecule has 2 aromatic heterocycles. The zero-order valence-electron chi connectivity index (χ0n) is 16.2. The maximum absolute atomic E-state index is 11.3. The van der Waals surface area contributed by atoms with Gasteiger partial charge in [0, 0.05) is 37.4 Å². The van der Waals surface area contributed by atoms with Crippen LogP contribution in [-0.4, -0.2) is 38.0 Å². The van der Waals surface area contributed by atoms with Crippen molar-refractivity contribution < 1.29 is 4.79 Å². The van der Waals surface area contributed by atoms with E-state index in [0.29, 0.717) is 12.1 Å². The first-order valence-electron chi connectivity index (χ1n) is 10.2. The Kier molecular flexibility index (Phi) is 5.53. The summed E-state index contributed by atoms with van der Waals surface area (Å²) in [5.41, 5.74) is 3.01. The third kappa shape index (κ3) is 4.38. The quantitative estimate of drug-likeness (QED) is 0.818. The number of carbonyl (C=O) groups excluding carboxylic acids is 1. The molecule has 0 amide bonds. The molecule has 1 saturated carbocycles. The maximum Gasteiger partial charge on any atom is 0.161 e. The van der Waals surface area contributed by atoms with Gasteiger partial charge in [-0.05, 0) is 44.4 Å². The molecule has 0 bridgehead atoms. The van der Waals surface area contributed by atoms with E-state index in [-0.39, 0.29) is 5.78 Å². The maximum atomic E-state index is 11.3. The minimum Gasteiger partial charge on any atom is -0.364 e. The largest absolute Gasteiger partial charge is 0.364 e. The van der Waals surface area contributed by atoms with Gasteiger partial charge in [-0.3, -0.25) is 14.4 Å². The number of fused-ring (bicyclic) bond motifs is 1. The van der Waals surface area contributed by atoms with Gasteiger partial charge in [0.2, 0.25) is 0 Å². The highest BCUT2D eigenvalue weighted by Gasteiger charge is 2.24. The Balaban J connectivity index is 1.39. The van der Waals surface area contributed by atoms with Crippen molar-refractivity contribution in [3.05, 3.63) is 41.3 Å². The molecule has 1 aliphatic heterocycles. The lowest BCUT2D eigenvalue weighted by Gasteiger charge is -2.33. The standard InChI is InChI=1S/C21H29N5O/c1-16(27)17-8-9-21(22-13-17)23-14-18-12-20-15-25(10-5-11-26(20)24-18)19-6-3-2-4-7-19/h8-9,12-13,19H,2-7,10-11,14-15H2,1H3,(H,22,23). The van der Waals surface area contributed by atoms with Gasteiger partial charge in [-0.2, -0.15) is 5.10 Å². The van der Waals surface area contributed by atoms with Crippen molar-refractivity contribution >= 4 is 11.6 Å². The molecule has 4 rings (SSSR count). The average molecular weight is 367 g/mol. The molecular weight excluding hydrogens is 338 g/mol. The molecule has 1 N–H and O–H groups in total. The summed E-state index contributed by atoms with van der Waals surface area (Å²) < 4.78 is 2.19. The number of hydrogen-bond acceptors (Lipinski definition) is 5. The van der Waals surface area contributed by atoms with Gasteiger partial charge in [0.05, 0.1) is 17.9 Å². The molecule has 1 fully saturated rings. The summed E-state index contributed by atoms with van der Waals surface area (Å²) in [4.78, 5) is 18.3. The summed E-state index contributed by atoms with van der Waals surface area (Å²) in [6.45, 7) is 5.41. The van der Waals surface area contributed by atoms with Crippen molar-refractivity contribution in [2.24, 2.45) is 0 Å². The summed E-state index contributed by atoms with van der Waals surface area (Å²) in [6.07, 6.45) is 9.66. The Labute approximate surface area is 161 Å². The fraction of sp³-hybridized carbons (Fsp3) is 0.571. The van der Waals surface area contributed by atoms with E-state index in [1.165, 1.54) is 50.8 Å².